The van der Waals surface area contributed by atoms with Crippen molar-refractivity contribution in [1.82, 2.24) is 0 Å². The lowest BCUT2D eigenvalue weighted by Gasteiger charge is -2.34. The Bertz CT molecular complexity index is 408. The molecule has 0 atom stereocenters. The molecule has 1 aromatic rings. The van der Waals surface area contributed by atoms with Crippen molar-refractivity contribution in [1.29, 1.82) is 0 Å². The number of nitrogens with one attached hydrogen (secondary N) is 1. The van der Waals surface area contributed by atoms with E-state index in [2.05, 4.69) is 5.32 Å². The predicted octanol–water partition coefficient (Wildman–Crippen LogP) is 2.33. The first kappa shape index (κ1) is 8.77. The smallest absolute Gasteiger partial charge is 0.268 e. The Morgan fingerprint density at radius 2 is 1.93 bits per heavy atom. The van der Waals surface area contributed by atoms with Crippen LogP contribution in [0.4, 0.5) is 5.69 Å². The maximum atomic E-state index is 11.9. The van der Waals surface area contributed by atoms with Crippen LogP contribution in [0.15, 0.2) is 24.3 Å². The van der Waals surface area contributed by atoms with Crippen molar-refractivity contribution in [3.8, 4) is 5.75 Å². The normalized spacial score (nSPS) is 22.0. The summed E-state index contributed by atoms with van der Waals surface area (Å²) in [5, 5.41) is 2.93. The highest BCUT2D eigenvalue weighted by molar-refractivity contribution is 6.00. The van der Waals surface area contributed by atoms with Crippen LogP contribution in [0.25, 0.3) is 0 Å². The first-order chi connectivity index (χ1) is 7.30. The number of benzene rings is 1. The average molecular weight is 203 g/mol. The van der Waals surface area contributed by atoms with Crippen molar-refractivity contribution in [3.63, 3.8) is 0 Å². The lowest BCUT2D eigenvalue weighted by molar-refractivity contribution is -0.131. The van der Waals surface area contributed by atoms with Gasteiger partial charge in [-0.2, -0.15) is 0 Å². The Balaban J connectivity index is 2.02. The number of hydrogen-bond donors (Lipinski definition) is 1. The Kier molecular flexibility index (Phi) is 1.75. The van der Waals surface area contributed by atoms with Crippen LogP contribution in [0.3, 0.4) is 0 Å². The van der Waals surface area contributed by atoms with Crippen LogP contribution in [0.2, 0.25) is 0 Å². The summed E-state index contributed by atoms with van der Waals surface area (Å²) in [6.45, 7) is 0. The van der Waals surface area contributed by atoms with E-state index in [1.54, 1.807) is 0 Å². The topological polar surface area (TPSA) is 38.3 Å². The van der Waals surface area contributed by atoms with Gasteiger partial charge in [0.05, 0.1) is 5.69 Å². The van der Waals surface area contributed by atoms with Crippen LogP contribution in [-0.4, -0.2) is 11.5 Å². The summed E-state index contributed by atoms with van der Waals surface area (Å²) in [6, 6.07) is 7.61. The van der Waals surface area contributed by atoms with Gasteiger partial charge in [0.25, 0.3) is 5.91 Å². The van der Waals surface area contributed by atoms with E-state index in [1.165, 1.54) is 0 Å². The molecular formula is C12H13NO2. The third-order valence-electron chi connectivity index (χ3n) is 3.27. The molecule has 1 spiro atoms. The number of carbonyl (C=O) groups excluding carboxylic acids is 1. The molecule has 0 unspecified atom stereocenters. The van der Waals surface area contributed by atoms with E-state index in [0.29, 0.717) is 0 Å². The van der Waals surface area contributed by atoms with Gasteiger partial charge in [0.15, 0.2) is 5.60 Å². The third kappa shape index (κ3) is 1.23. The van der Waals surface area contributed by atoms with Crippen LogP contribution in [0, 0.1) is 0 Å². The van der Waals surface area contributed by atoms with Gasteiger partial charge in [-0.1, -0.05) is 12.1 Å². The molecule has 1 heterocycles. The van der Waals surface area contributed by atoms with E-state index in [9.17, 15) is 4.79 Å². The van der Waals surface area contributed by atoms with Crippen LogP contribution in [0.5, 0.6) is 5.75 Å². The van der Waals surface area contributed by atoms with E-state index in [1.807, 2.05) is 24.3 Å². The number of para-hydroxylation sites is 2. The fourth-order valence-electron chi connectivity index (χ4n) is 2.43. The van der Waals surface area contributed by atoms with E-state index in [-0.39, 0.29) is 5.91 Å². The largest absolute Gasteiger partial charge is 0.475 e. The summed E-state index contributed by atoms with van der Waals surface area (Å²) in [5.41, 5.74) is 0.217. The zero-order chi connectivity index (χ0) is 10.3. The SMILES string of the molecule is O=C1Nc2ccccc2OC12CCCC2. The van der Waals surface area contributed by atoms with Crippen molar-refractivity contribution in [2.45, 2.75) is 31.3 Å². The molecule has 1 aliphatic heterocycles. The van der Waals surface area contributed by atoms with Crippen molar-refractivity contribution in [2.75, 3.05) is 5.32 Å². The van der Waals surface area contributed by atoms with Crippen LogP contribution >= 0.6 is 0 Å². The molecule has 1 fully saturated rings. The molecule has 2 aliphatic rings. The van der Waals surface area contributed by atoms with Crippen molar-refractivity contribution >= 4 is 11.6 Å². The highest BCUT2D eigenvalue weighted by Gasteiger charge is 2.46. The molecule has 3 heteroatoms. The van der Waals surface area contributed by atoms with Gasteiger partial charge in [-0.25, -0.2) is 0 Å². The molecular weight excluding hydrogens is 190 g/mol. The number of fused-ring (bicyclic) bond motifs is 1. The summed E-state index contributed by atoms with van der Waals surface area (Å²) in [7, 11) is 0. The summed E-state index contributed by atoms with van der Waals surface area (Å²) in [4.78, 5) is 11.9. The molecule has 3 rings (SSSR count). The number of amides is 1. The quantitative estimate of drug-likeness (QED) is 0.702. The van der Waals surface area contributed by atoms with E-state index < -0.39 is 5.60 Å². The maximum absolute atomic E-state index is 11.9. The second kappa shape index (κ2) is 2.99. The van der Waals surface area contributed by atoms with Gasteiger partial charge in [0.1, 0.15) is 5.75 Å². The van der Waals surface area contributed by atoms with Crippen molar-refractivity contribution in [2.24, 2.45) is 0 Å². The molecule has 1 aromatic carbocycles. The first-order valence-electron chi connectivity index (χ1n) is 5.40. The minimum atomic E-state index is -0.575. The van der Waals surface area contributed by atoms with Crippen LogP contribution in [0.1, 0.15) is 25.7 Å². The minimum absolute atomic E-state index is 0.0266. The lowest BCUT2D eigenvalue weighted by Crippen LogP contribution is -2.48. The van der Waals surface area contributed by atoms with Gasteiger partial charge in [0, 0.05) is 0 Å². The number of hydrogen-bond acceptors (Lipinski definition) is 2. The monoisotopic (exact) mass is 203 g/mol. The zero-order valence-corrected chi connectivity index (χ0v) is 8.45. The van der Waals surface area contributed by atoms with Gasteiger partial charge in [0.2, 0.25) is 0 Å². The first-order valence-corrected chi connectivity index (χ1v) is 5.40. The predicted molar refractivity (Wildman–Crippen MR) is 56.9 cm³/mol. The zero-order valence-electron chi connectivity index (χ0n) is 8.45. The van der Waals surface area contributed by atoms with E-state index in [4.69, 9.17) is 4.74 Å². The Morgan fingerprint density at radius 1 is 1.20 bits per heavy atom. The summed E-state index contributed by atoms with van der Waals surface area (Å²) in [5.74, 6) is 0.831. The third-order valence-corrected chi connectivity index (χ3v) is 3.27. The van der Waals surface area contributed by atoms with Crippen molar-refractivity contribution < 1.29 is 9.53 Å². The van der Waals surface area contributed by atoms with Gasteiger partial charge >= 0.3 is 0 Å². The van der Waals surface area contributed by atoms with Crippen molar-refractivity contribution in [3.05, 3.63) is 24.3 Å². The summed E-state index contributed by atoms with van der Waals surface area (Å²) < 4.78 is 5.88. The summed E-state index contributed by atoms with van der Waals surface area (Å²) in [6.07, 6.45) is 3.84. The summed E-state index contributed by atoms with van der Waals surface area (Å²) >= 11 is 0. The number of carbonyl (C=O) groups is 1. The molecule has 1 N–H and O–H groups in total. The Morgan fingerprint density at radius 3 is 2.73 bits per heavy atom. The van der Waals surface area contributed by atoms with Crippen LogP contribution in [-0.2, 0) is 4.79 Å². The maximum Gasteiger partial charge on any atom is 0.268 e. The second-order valence-corrected chi connectivity index (χ2v) is 4.25. The van der Waals surface area contributed by atoms with E-state index in [0.717, 1.165) is 37.1 Å². The number of rotatable bonds is 0. The second-order valence-electron chi connectivity index (χ2n) is 4.25. The van der Waals surface area contributed by atoms with Gasteiger partial charge < -0.3 is 10.1 Å². The van der Waals surface area contributed by atoms with E-state index >= 15 is 0 Å². The van der Waals surface area contributed by atoms with Gasteiger partial charge in [-0.3, -0.25) is 4.79 Å². The average Bonchev–Trinajstić information content (AvgIpc) is 2.70. The lowest BCUT2D eigenvalue weighted by atomic mass is 9.99. The molecule has 1 saturated carbocycles. The fourth-order valence-corrected chi connectivity index (χ4v) is 2.43. The number of anilines is 1. The number of ether oxygens (including phenoxy) is 1. The Labute approximate surface area is 88.4 Å². The molecule has 0 bridgehead atoms. The molecule has 0 radical (unpaired) electrons. The highest BCUT2D eigenvalue weighted by atomic mass is 16.5. The van der Waals surface area contributed by atoms with Crippen LogP contribution < -0.4 is 10.1 Å². The minimum Gasteiger partial charge on any atom is -0.475 e. The molecule has 1 aliphatic carbocycles. The molecule has 3 nitrogen and oxygen atoms in total. The molecule has 0 saturated heterocycles. The molecule has 78 valence electrons. The van der Waals surface area contributed by atoms with Gasteiger partial charge in [-0.15, -0.1) is 0 Å². The molecule has 1 amide bonds. The fraction of sp³-hybridized carbons (Fsp3) is 0.417. The molecule has 15 heavy (non-hydrogen) atoms. The Hall–Kier alpha value is -1.51. The van der Waals surface area contributed by atoms with Gasteiger partial charge in [-0.05, 0) is 37.8 Å². The highest BCUT2D eigenvalue weighted by Crippen LogP contribution is 2.41. The standard InChI is InChI=1S/C12H13NO2/c14-11-12(7-3-4-8-12)15-10-6-2-1-5-9(10)13-11/h1-2,5-6H,3-4,7-8H2,(H,13,14). The molecule has 0 aromatic heterocycles.